The maximum absolute atomic E-state index is 12.9. The van der Waals surface area contributed by atoms with E-state index in [2.05, 4.69) is 10.3 Å². The predicted molar refractivity (Wildman–Crippen MR) is 102 cm³/mol. The molecule has 0 radical (unpaired) electrons. The highest BCUT2D eigenvalue weighted by molar-refractivity contribution is 8.01. The van der Waals surface area contributed by atoms with Gasteiger partial charge >= 0.3 is 0 Å². The molecule has 1 aromatic heterocycles. The molecular formula is C19H18ClN3O2S. The molecule has 2 heterocycles. The van der Waals surface area contributed by atoms with Crippen LogP contribution in [0.3, 0.4) is 0 Å². The van der Waals surface area contributed by atoms with Crippen molar-refractivity contribution < 1.29 is 9.59 Å². The Bertz CT molecular complexity index is 842. The Morgan fingerprint density at radius 3 is 2.92 bits per heavy atom. The second-order valence-electron chi connectivity index (χ2n) is 6.55. The van der Waals surface area contributed by atoms with Gasteiger partial charge in [-0.05, 0) is 42.7 Å². The van der Waals surface area contributed by atoms with Crippen molar-refractivity contribution in [2.45, 2.75) is 42.0 Å². The van der Waals surface area contributed by atoms with Crippen molar-refractivity contribution in [2.24, 2.45) is 0 Å². The molecule has 1 fully saturated rings. The number of anilines is 1. The van der Waals surface area contributed by atoms with Gasteiger partial charge < -0.3 is 10.2 Å². The third-order valence-electron chi connectivity index (χ3n) is 4.50. The number of nitrogens with one attached hydrogen (secondary N) is 1. The summed E-state index contributed by atoms with van der Waals surface area (Å²) >= 11 is 7.41. The van der Waals surface area contributed by atoms with Crippen LogP contribution in [0.15, 0.2) is 47.6 Å². The van der Waals surface area contributed by atoms with Crippen molar-refractivity contribution in [2.75, 3.05) is 5.32 Å². The van der Waals surface area contributed by atoms with Crippen LogP contribution in [0.4, 0.5) is 5.69 Å². The third-order valence-corrected chi connectivity index (χ3v) is 6.02. The first kappa shape index (κ1) is 17.4. The normalized spacial score (nSPS) is 18.8. The second kappa shape index (κ2) is 7.29. The Morgan fingerprint density at radius 2 is 2.19 bits per heavy atom. The fraction of sp³-hybridized carbons (Fsp3) is 0.316. The molecule has 0 bridgehead atoms. The SMILES string of the molecule is O=C1Nc2cc(Cl)ccc2SC1CC(=O)N(Cc1cccnc1)C1CC1. The Kier molecular flexibility index (Phi) is 4.87. The topological polar surface area (TPSA) is 62.3 Å². The van der Waals surface area contributed by atoms with Gasteiger partial charge in [-0.15, -0.1) is 11.8 Å². The van der Waals surface area contributed by atoms with Gasteiger partial charge in [-0.25, -0.2) is 0 Å². The van der Waals surface area contributed by atoms with Crippen LogP contribution >= 0.6 is 23.4 Å². The number of benzene rings is 1. The van der Waals surface area contributed by atoms with Gasteiger partial charge in [0.15, 0.2) is 0 Å². The molecule has 1 unspecified atom stereocenters. The van der Waals surface area contributed by atoms with Gasteiger partial charge in [0.25, 0.3) is 0 Å². The van der Waals surface area contributed by atoms with Crippen LogP contribution in [0.25, 0.3) is 0 Å². The zero-order valence-corrected chi connectivity index (χ0v) is 15.6. The van der Waals surface area contributed by atoms with Crippen LogP contribution in [0.2, 0.25) is 5.02 Å². The smallest absolute Gasteiger partial charge is 0.238 e. The van der Waals surface area contributed by atoms with Crippen LogP contribution in [0.5, 0.6) is 0 Å². The average molecular weight is 388 g/mol. The van der Waals surface area contributed by atoms with E-state index in [4.69, 9.17) is 11.6 Å². The lowest BCUT2D eigenvalue weighted by atomic mass is 10.2. The largest absolute Gasteiger partial charge is 0.335 e. The molecule has 0 saturated heterocycles. The van der Waals surface area contributed by atoms with E-state index in [0.29, 0.717) is 17.3 Å². The van der Waals surface area contributed by atoms with Crippen LogP contribution < -0.4 is 5.32 Å². The van der Waals surface area contributed by atoms with Crippen LogP contribution in [0.1, 0.15) is 24.8 Å². The number of rotatable bonds is 5. The fourth-order valence-corrected chi connectivity index (χ4v) is 4.28. The summed E-state index contributed by atoms with van der Waals surface area (Å²) in [4.78, 5) is 32.3. The highest BCUT2D eigenvalue weighted by atomic mass is 35.5. The van der Waals surface area contributed by atoms with Gasteiger partial charge in [0.2, 0.25) is 11.8 Å². The summed E-state index contributed by atoms with van der Waals surface area (Å²) in [6.45, 7) is 0.544. The summed E-state index contributed by atoms with van der Waals surface area (Å²) in [5.41, 5.74) is 1.72. The number of halogens is 1. The zero-order valence-electron chi connectivity index (χ0n) is 14.0. The standard InChI is InChI=1S/C19H18ClN3O2S/c20-13-3-6-16-15(8-13)22-19(25)17(26-16)9-18(24)23(14-4-5-14)11-12-2-1-7-21-10-12/h1-3,6-8,10,14,17H,4-5,9,11H2,(H,22,25). The summed E-state index contributed by atoms with van der Waals surface area (Å²) in [6, 6.07) is 9.54. The minimum absolute atomic E-state index is 0.0152. The van der Waals surface area contributed by atoms with E-state index in [1.807, 2.05) is 23.1 Å². The number of hydrogen-bond acceptors (Lipinski definition) is 4. The lowest BCUT2D eigenvalue weighted by Gasteiger charge is -2.27. The first-order chi connectivity index (χ1) is 12.6. The van der Waals surface area contributed by atoms with Crippen molar-refractivity contribution in [3.63, 3.8) is 0 Å². The molecule has 1 aliphatic carbocycles. The van der Waals surface area contributed by atoms with E-state index in [9.17, 15) is 9.59 Å². The van der Waals surface area contributed by atoms with E-state index < -0.39 is 5.25 Å². The Hall–Kier alpha value is -2.05. The number of carbonyl (C=O) groups is 2. The maximum atomic E-state index is 12.9. The molecule has 1 atom stereocenters. The van der Waals surface area contributed by atoms with Gasteiger partial charge in [-0.3, -0.25) is 14.6 Å². The third kappa shape index (κ3) is 3.86. The van der Waals surface area contributed by atoms with Crippen LogP contribution in [0, 0.1) is 0 Å². The van der Waals surface area contributed by atoms with Crippen LogP contribution in [-0.2, 0) is 16.1 Å². The van der Waals surface area contributed by atoms with Crippen molar-refractivity contribution in [1.29, 1.82) is 0 Å². The predicted octanol–water partition coefficient (Wildman–Crippen LogP) is 3.73. The number of carbonyl (C=O) groups excluding carboxylic acids is 2. The highest BCUT2D eigenvalue weighted by Crippen LogP contribution is 2.39. The number of hydrogen-bond donors (Lipinski definition) is 1. The monoisotopic (exact) mass is 387 g/mol. The quantitative estimate of drug-likeness (QED) is 0.849. The minimum atomic E-state index is -0.425. The number of pyridine rings is 1. The van der Waals surface area contributed by atoms with E-state index >= 15 is 0 Å². The molecule has 2 amide bonds. The van der Waals surface area contributed by atoms with E-state index in [0.717, 1.165) is 23.3 Å². The average Bonchev–Trinajstić information content (AvgIpc) is 3.46. The molecule has 2 aliphatic rings. The molecule has 1 aliphatic heterocycles. The summed E-state index contributed by atoms with van der Waals surface area (Å²) < 4.78 is 0. The number of fused-ring (bicyclic) bond motifs is 1. The molecule has 1 N–H and O–H groups in total. The van der Waals surface area contributed by atoms with Gasteiger partial charge in [0.05, 0.1) is 10.9 Å². The summed E-state index contributed by atoms with van der Waals surface area (Å²) in [5, 5.41) is 3.02. The molecule has 2 aromatic rings. The molecule has 134 valence electrons. The Labute approximate surface area is 161 Å². The van der Waals surface area contributed by atoms with Gasteiger partial charge in [0.1, 0.15) is 0 Å². The number of thioether (sulfide) groups is 1. The first-order valence-electron chi connectivity index (χ1n) is 8.55. The maximum Gasteiger partial charge on any atom is 0.238 e. The molecule has 1 aromatic carbocycles. The van der Waals surface area contributed by atoms with Crippen molar-refractivity contribution in [3.8, 4) is 0 Å². The Balaban J connectivity index is 1.46. The molecule has 7 heteroatoms. The molecule has 5 nitrogen and oxygen atoms in total. The zero-order chi connectivity index (χ0) is 18.1. The number of nitrogens with zero attached hydrogens (tertiary/aromatic N) is 2. The van der Waals surface area contributed by atoms with Crippen molar-refractivity contribution in [3.05, 3.63) is 53.3 Å². The first-order valence-corrected chi connectivity index (χ1v) is 9.81. The molecule has 4 rings (SSSR count). The van der Waals surface area contributed by atoms with Crippen molar-refractivity contribution >= 4 is 40.9 Å². The number of aromatic nitrogens is 1. The molecule has 1 saturated carbocycles. The fourth-order valence-electron chi connectivity index (χ4n) is 3.03. The van der Waals surface area contributed by atoms with Gasteiger partial charge in [0, 0.05) is 41.3 Å². The molecule has 26 heavy (non-hydrogen) atoms. The van der Waals surface area contributed by atoms with Crippen molar-refractivity contribution in [1.82, 2.24) is 9.88 Å². The second-order valence-corrected chi connectivity index (χ2v) is 8.24. The summed E-state index contributed by atoms with van der Waals surface area (Å²) in [7, 11) is 0. The van der Waals surface area contributed by atoms with Crippen LogP contribution in [-0.4, -0.2) is 33.0 Å². The Morgan fingerprint density at radius 1 is 1.35 bits per heavy atom. The molecular weight excluding hydrogens is 370 g/mol. The minimum Gasteiger partial charge on any atom is -0.335 e. The highest BCUT2D eigenvalue weighted by Gasteiger charge is 2.36. The summed E-state index contributed by atoms with van der Waals surface area (Å²) in [6.07, 6.45) is 5.74. The lowest BCUT2D eigenvalue weighted by molar-refractivity contribution is -0.133. The molecule has 0 spiro atoms. The van der Waals surface area contributed by atoms with Gasteiger partial charge in [-0.1, -0.05) is 17.7 Å². The number of amides is 2. The van der Waals surface area contributed by atoms with Gasteiger partial charge in [-0.2, -0.15) is 0 Å². The van der Waals surface area contributed by atoms with E-state index in [1.165, 1.54) is 11.8 Å². The summed E-state index contributed by atoms with van der Waals surface area (Å²) in [5.74, 6) is -0.128. The van der Waals surface area contributed by atoms with E-state index in [1.54, 1.807) is 24.5 Å². The lowest BCUT2D eigenvalue weighted by Crippen LogP contribution is -2.38. The van der Waals surface area contributed by atoms with E-state index in [-0.39, 0.29) is 24.3 Å².